The zero-order valence-corrected chi connectivity index (χ0v) is 9.26. The standard InChI is InChI=1S/C12H14ClNO/c13-10-6-5-9(7-11(10)14)12(15)8-3-1-2-4-8/h5-8H,1-4,14H2. The van der Waals surface area contributed by atoms with Crippen LogP contribution in [-0.4, -0.2) is 5.78 Å². The number of nitrogens with two attached hydrogens (primary N) is 1. The first kappa shape index (κ1) is 10.5. The predicted molar refractivity (Wildman–Crippen MR) is 62.2 cm³/mol. The van der Waals surface area contributed by atoms with Crippen LogP contribution in [0.3, 0.4) is 0 Å². The zero-order valence-electron chi connectivity index (χ0n) is 8.50. The number of anilines is 1. The van der Waals surface area contributed by atoms with Gasteiger partial charge in [-0.2, -0.15) is 0 Å². The Balaban J connectivity index is 2.21. The van der Waals surface area contributed by atoms with Crippen LogP contribution in [0.2, 0.25) is 5.02 Å². The molecule has 1 aromatic rings. The third kappa shape index (κ3) is 2.15. The molecule has 1 fully saturated rings. The highest BCUT2D eigenvalue weighted by Crippen LogP contribution is 2.29. The number of halogens is 1. The van der Waals surface area contributed by atoms with Gasteiger partial charge in [-0.05, 0) is 31.0 Å². The number of benzene rings is 1. The molecule has 0 heterocycles. The van der Waals surface area contributed by atoms with Gasteiger partial charge in [0.1, 0.15) is 0 Å². The van der Waals surface area contributed by atoms with Crippen molar-refractivity contribution in [2.75, 3.05) is 5.73 Å². The SMILES string of the molecule is Nc1cc(C(=O)C2CCCC2)ccc1Cl. The molecule has 1 saturated carbocycles. The van der Waals surface area contributed by atoms with Gasteiger partial charge in [-0.3, -0.25) is 4.79 Å². The summed E-state index contributed by atoms with van der Waals surface area (Å²) in [7, 11) is 0. The molecule has 0 unspecified atom stereocenters. The zero-order chi connectivity index (χ0) is 10.8. The van der Waals surface area contributed by atoms with Crippen LogP contribution in [0.5, 0.6) is 0 Å². The number of carbonyl (C=O) groups excluding carboxylic acids is 1. The second kappa shape index (κ2) is 4.23. The maximum atomic E-state index is 12.0. The summed E-state index contributed by atoms with van der Waals surface area (Å²) in [5.74, 6) is 0.418. The number of carbonyl (C=O) groups is 1. The highest BCUT2D eigenvalue weighted by Gasteiger charge is 2.23. The van der Waals surface area contributed by atoms with Gasteiger partial charge in [-0.1, -0.05) is 24.4 Å². The molecular formula is C12H14ClNO. The van der Waals surface area contributed by atoms with Gasteiger partial charge < -0.3 is 5.73 Å². The van der Waals surface area contributed by atoms with Crippen molar-refractivity contribution in [3.63, 3.8) is 0 Å². The van der Waals surface area contributed by atoms with E-state index in [-0.39, 0.29) is 11.7 Å². The smallest absolute Gasteiger partial charge is 0.166 e. The fraction of sp³-hybridized carbons (Fsp3) is 0.417. The maximum Gasteiger partial charge on any atom is 0.166 e. The lowest BCUT2D eigenvalue weighted by Gasteiger charge is -2.08. The van der Waals surface area contributed by atoms with Gasteiger partial charge in [0.15, 0.2) is 5.78 Å². The topological polar surface area (TPSA) is 43.1 Å². The van der Waals surface area contributed by atoms with E-state index in [1.165, 1.54) is 12.8 Å². The maximum absolute atomic E-state index is 12.0. The van der Waals surface area contributed by atoms with Crippen LogP contribution in [-0.2, 0) is 0 Å². The third-order valence-corrected chi connectivity index (χ3v) is 3.35. The minimum absolute atomic E-state index is 0.200. The van der Waals surface area contributed by atoms with Crippen LogP contribution in [0.15, 0.2) is 18.2 Å². The van der Waals surface area contributed by atoms with Gasteiger partial charge in [0.25, 0.3) is 0 Å². The summed E-state index contributed by atoms with van der Waals surface area (Å²) in [6, 6.07) is 5.14. The van der Waals surface area contributed by atoms with Crippen LogP contribution in [0.4, 0.5) is 5.69 Å². The molecule has 80 valence electrons. The lowest BCUT2D eigenvalue weighted by atomic mass is 9.96. The summed E-state index contributed by atoms with van der Waals surface area (Å²) in [5, 5.41) is 0.512. The summed E-state index contributed by atoms with van der Waals surface area (Å²) in [6.45, 7) is 0. The minimum Gasteiger partial charge on any atom is -0.398 e. The van der Waals surface area contributed by atoms with E-state index in [0.717, 1.165) is 12.8 Å². The van der Waals surface area contributed by atoms with E-state index >= 15 is 0 Å². The number of nitrogen functional groups attached to an aromatic ring is 1. The van der Waals surface area contributed by atoms with Crippen LogP contribution >= 0.6 is 11.6 Å². The van der Waals surface area contributed by atoms with Crippen molar-refractivity contribution in [1.29, 1.82) is 0 Å². The summed E-state index contributed by atoms with van der Waals surface area (Å²) in [5.41, 5.74) is 6.86. The second-order valence-electron chi connectivity index (χ2n) is 4.08. The average molecular weight is 224 g/mol. The van der Waals surface area contributed by atoms with Crippen molar-refractivity contribution < 1.29 is 4.79 Å². The first-order valence-electron chi connectivity index (χ1n) is 5.27. The minimum atomic E-state index is 0.200. The van der Waals surface area contributed by atoms with Crippen molar-refractivity contribution in [2.45, 2.75) is 25.7 Å². The van der Waals surface area contributed by atoms with Crippen molar-refractivity contribution in [2.24, 2.45) is 5.92 Å². The highest BCUT2D eigenvalue weighted by atomic mass is 35.5. The molecule has 2 N–H and O–H groups in total. The summed E-state index contributed by atoms with van der Waals surface area (Å²) < 4.78 is 0. The first-order valence-corrected chi connectivity index (χ1v) is 5.65. The molecule has 0 bridgehead atoms. The van der Waals surface area contributed by atoms with Gasteiger partial charge in [0, 0.05) is 11.5 Å². The largest absolute Gasteiger partial charge is 0.398 e. The van der Waals surface area contributed by atoms with Crippen molar-refractivity contribution in [1.82, 2.24) is 0 Å². The fourth-order valence-electron chi connectivity index (χ4n) is 2.12. The van der Waals surface area contributed by atoms with Crippen LogP contribution in [0.1, 0.15) is 36.0 Å². The van der Waals surface area contributed by atoms with Gasteiger partial charge >= 0.3 is 0 Å². The Morgan fingerprint density at radius 2 is 2.00 bits per heavy atom. The Bertz CT molecular complexity index is 383. The van der Waals surface area contributed by atoms with Crippen molar-refractivity contribution in [3.05, 3.63) is 28.8 Å². The molecular weight excluding hydrogens is 210 g/mol. The van der Waals surface area contributed by atoms with E-state index in [2.05, 4.69) is 0 Å². The van der Waals surface area contributed by atoms with Crippen molar-refractivity contribution in [3.8, 4) is 0 Å². The van der Waals surface area contributed by atoms with Gasteiger partial charge in [0.2, 0.25) is 0 Å². The Morgan fingerprint density at radius 3 is 2.60 bits per heavy atom. The molecule has 1 aliphatic rings. The number of hydrogen-bond donors (Lipinski definition) is 1. The monoisotopic (exact) mass is 223 g/mol. The van der Waals surface area contributed by atoms with Gasteiger partial charge in [-0.25, -0.2) is 0 Å². The molecule has 0 amide bonds. The van der Waals surface area contributed by atoms with E-state index in [0.29, 0.717) is 16.3 Å². The predicted octanol–water partition coefficient (Wildman–Crippen LogP) is 3.30. The molecule has 0 atom stereocenters. The molecule has 3 heteroatoms. The molecule has 0 spiro atoms. The number of rotatable bonds is 2. The van der Waals surface area contributed by atoms with E-state index in [9.17, 15) is 4.79 Å². The third-order valence-electron chi connectivity index (χ3n) is 3.01. The lowest BCUT2D eigenvalue weighted by molar-refractivity contribution is 0.0923. The van der Waals surface area contributed by atoms with E-state index in [4.69, 9.17) is 17.3 Å². The fourth-order valence-corrected chi connectivity index (χ4v) is 2.24. The number of hydrogen-bond acceptors (Lipinski definition) is 2. The van der Waals surface area contributed by atoms with Gasteiger partial charge in [0.05, 0.1) is 10.7 Å². The molecule has 0 radical (unpaired) electrons. The average Bonchev–Trinajstić information content (AvgIpc) is 2.74. The molecule has 15 heavy (non-hydrogen) atoms. The number of ketones is 1. The summed E-state index contributed by atoms with van der Waals surface area (Å²) in [6.07, 6.45) is 4.36. The number of Topliss-reactive ketones (excluding diaryl/α,β-unsaturated/α-hetero) is 1. The van der Waals surface area contributed by atoms with Crippen LogP contribution < -0.4 is 5.73 Å². The Kier molecular flexibility index (Phi) is 2.96. The first-order chi connectivity index (χ1) is 7.18. The van der Waals surface area contributed by atoms with E-state index < -0.39 is 0 Å². The Morgan fingerprint density at radius 1 is 1.33 bits per heavy atom. The van der Waals surface area contributed by atoms with Gasteiger partial charge in [-0.15, -0.1) is 0 Å². The van der Waals surface area contributed by atoms with Crippen molar-refractivity contribution >= 4 is 23.1 Å². The summed E-state index contributed by atoms with van der Waals surface area (Å²) >= 11 is 5.81. The molecule has 2 rings (SSSR count). The quantitative estimate of drug-likeness (QED) is 0.618. The van der Waals surface area contributed by atoms with E-state index in [1.807, 2.05) is 0 Å². The molecule has 1 aliphatic carbocycles. The highest BCUT2D eigenvalue weighted by molar-refractivity contribution is 6.33. The molecule has 0 aliphatic heterocycles. The molecule has 0 saturated heterocycles. The normalized spacial score (nSPS) is 16.9. The Labute approximate surface area is 94.4 Å². The molecule has 2 nitrogen and oxygen atoms in total. The second-order valence-corrected chi connectivity index (χ2v) is 4.49. The van der Waals surface area contributed by atoms with Crippen LogP contribution in [0.25, 0.3) is 0 Å². The van der Waals surface area contributed by atoms with Crippen LogP contribution in [0, 0.1) is 5.92 Å². The summed E-state index contributed by atoms with van der Waals surface area (Å²) in [4.78, 5) is 12.0. The Hall–Kier alpha value is -1.02. The lowest BCUT2D eigenvalue weighted by Crippen LogP contribution is -2.11. The molecule has 1 aromatic carbocycles. The molecule has 0 aromatic heterocycles. The van der Waals surface area contributed by atoms with E-state index in [1.54, 1.807) is 18.2 Å².